The fourth-order valence-electron chi connectivity index (χ4n) is 4.10. The number of anilines is 2. The van der Waals surface area contributed by atoms with Crippen molar-refractivity contribution < 1.29 is 9.18 Å². The van der Waals surface area contributed by atoms with Gasteiger partial charge in [0.15, 0.2) is 0 Å². The summed E-state index contributed by atoms with van der Waals surface area (Å²) in [7, 11) is 0. The van der Waals surface area contributed by atoms with Crippen molar-refractivity contribution in [2.24, 2.45) is 11.8 Å². The predicted octanol–water partition coefficient (Wildman–Crippen LogP) is 4.49. The van der Waals surface area contributed by atoms with Crippen LogP contribution in [0, 0.1) is 21.2 Å². The van der Waals surface area contributed by atoms with Crippen LogP contribution >= 0.6 is 22.6 Å². The van der Waals surface area contributed by atoms with E-state index in [9.17, 15) is 9.18 Å². The van der Waals surface area contributed by atoms with Crippen LogP contribution in [-0.4, -0.2) is 16.9 Å². The van der Waals surface area contributed by atoms with Crippen LogP contribution in [0.1, 0.15) is 36.0 Å². The zero-order chi connectivity index (χ0) is 17.4. The third-order valence-electron chi connectivity index (χ3n) is 5.32. The number of aromatic nitrogens is 1. The van der Waals surface area contributed by atoms with Crippen LogP contribution in [0.25, 0.3) is 0 Å². The number of halogens is 2. The maximum atomic E-state index is 14.1. The zero-order valence-corrected chi connectivity index (χ0v) is 15.8. The lowest BCUT2D eigenvalue weighted by atomic mass is 9.95. The van der Waals surface area contributed by atoms with E-state index >= 15 is 0 Å². The number of fused-ring (bicyclic) bond motifs is 2. The molecule has 0 spiro atoms. The molecule has 2 bridgehead atoms. The Balaban J connectivity index is 1.53. The average molecular weight is 451 g/mol. The highest BCUT2D eigenvalue weighted by molar-refractivity contribution is 14.1. The summed E-state index contributed by atoms with van der Waals surface area (Å²) < 4.78 is 14.9. The normalized spacial score (nSPS) is 24.3. The number of amides is 1. The Morgan fingerprint density at radius 2 is 2.08 bits per heavy atom. The van der Waals surface area contributed by atoms with Crippen molar-refractivity contribution in [3.63, 3.8) is 0 Å². The van der Waals surface area contributed by atoms with E-state index in [0.29, 0.717) is 22.9 Å². The Hall–Kier alpha value is -1.70. The molecule has 1 heterocycles. The summed E-state index contributed by atoms with van der Waals surface area (Å²) in [5.74, 6) is 0.913. The van der Waals surface area contributed by atoms with Gasteiger partial charge >= 0.3 is 0 Å². The first-order valence-electron chi connectivity index (χ1n) is 8.57. The van der Waals surface area contributed by atoms with E-state index in [1.54, 1.807) is 24.5 Å². The van der Waals surface area contributed by atoms with Gasteiger partial charge in [0.05, 0.1) is 23.1 Å². The second-order valence-electron chi connectivity index (χ2n) is 6.93. The molecule has 130 valence electrons. The predicted molar refractivity (Wildman–Crippen MR) is 103 cm³/mol. The van der Waals surface area contributed by atoms with Gasteiger partial charge in [-0.05, 0) is 78.0 Å². The minimum atomic E-state index is -0.352. The molecule has 1 aromatic carbocycles. The molecule has 25 heavy (non-hydrogen) atoms. The second-order valence-corrected chi connectivity index (χ2v) is 8.17. The van der Waals surface area contributed by atoms with E-state index in [4.69, 9.17) is 0 Å². The molecule has 2 aromatic rings. The van der Waals surface area contributed by atoms with Gasteiger partial charge in [0.2, 0.25) is 0 Å². The Labute approximate surface area is 159 Å². The molecule has 4 nitrogen and oxygen atoms in total. The summed E-state index contributed by atoms with van der Waals surface area (Å²) in [5.41, 5.74) is 1.35. The van der Waals surface area contributed by atoms with Crippen molar-refractivity contribution in [2.45, 2.75) is 31.7 Å². The van der Waals surface area contributed by atoms with Gasteiger partial charge in [-0.1, -0.05) is 6.42 Å². The Morgan fingerprint density at radius 3 is 2.80 bits per heavy atom. The molecule has 2 aliphatic rings. The van der Waals surface area contributed by atoms with Crippen molar-refractivity contribution >= 4 is 39.9 Å². The topological polar surface area (TPSA) is 54.0 Å². The van der Waals surface area contributed by atoms with Crippen LogP contribution in [-0.2, 0) is 0 Å². The molecule has 1 amide bonds. The number of carbonyl (C=O) groups excluding carboxylic acids is 1. The number of rotatable bonds is 4. The first-order valence-corrected chi connectivity index (χ1v) is 9.65. The van der Waals surface area contributed by atoms with Crippen molar-refractivity contribution in [3.05, 3.63) is 51.6 Å². The molecule has 1 aromatic heterocycles. The average Bonchev–Trinajstić information content (AvgIpc) is 3.21. The molecule has 3 unspecified atom stereocenters. The second kappa shape index (κ2) is 6.90. The Bertz CT molecular complexity index is 813. The highest BCUT2D eigenvalue weighted by Crippen LogP contribution is 2.44. The summed E-state index contributed by atoms with van der Waals surface area (Å²) in [4.78, 5) is 16.8. The highest BCUT2D eigenvalue weighted by atomic mass is 127. The van der Waals surface area contributed by atoms with Crippen molar-refractivity contribution in [3.8, 4) is 0 Å². The molecule has 0 radical (unpaired) electrons. The lowest BCUT2D eigenvalue weighted by molar-refractivity contribution is 0.0923. The van der Waals surface area contributed by atoms with Crippen LogP contribution in [0.15, 0.2) is 36.7 Å². The number of carbonyl (C=O) groups is 1. The smallest absolute Gasteiger partial charge is 0.253 e. The molecule has 3 atom stereocenters. The first kappa shape index (κ1) is 16.8. The summed E-state index contributed by atoms with van der Waals surface area (Å²) in [6.07, 6.45) is 7.98. The molecular formula is C19H19FIN3O. The van der Waals surface area contributed by atoms with Crippen LogP contribution < -0.4 is 10.6 Å². The van der Waals surface area contributed by atoms with Gasteiger partial charge in [0.25, 0.3) is 5.91 Å². The van der Waals surface area contributed by atoms with Gasteiger partial charge in [0, 0.05) is 15.8 Å². The first-order chi connectivity index (χ1) is 12.1. The van der Waals surface area contributed by atoms with Crippen LogP contribution in [0.3, 0.4) is 0 Å². The third kappa shape index (κ3) is 3.49. The van der Waals surface area contributed by atoms with E-state index in [0.717, 1.165) is 15.9 Å². The van der Waals surface area contributed by atoms with Gasteiger partial charge in [0.1, 0.15) is 5.82 Å². The molecule has 2 saturated carbocycles. The SMILES string of the molecule is O=C(NC1CC2CCC1C2)c1ccncc1Nc1ccc(I)cc1F. The summed E-state index contributed by atoms with van der Waals surface area (Å²) in [6.45, 7) is 0. The van der Waals surface area contributed by atoms with E-state index in [-0.39, 0.29) is 17.8 Å². The number of nitrogens with one attached hydrogen (secondary N) is 2. The van der Waals surface area contributed by atoms with Gasteiger partial charge in [-0.2, -0.15) is 0 Å². The monoisotopic (exact) mass is 451 g/mol. The molecule has 0 aliphatic heterocycles. The van der Waals surface area contributed by atoms with E-state index in [2.05, 4.69) is 38.2 Å². The quantitative estimate of drug-likeness (QED) is 0.674. The Kier molecular flexibility index (Phi) is 4.62. The number of nitrogens with zero attached hydrogens (tertiary/aromatic N) is 1. The Morgan fingerprint density at radius 1 is 1.20 bits per heavy atom. The van der Waals surface area contributed by atoms with Crippen molar-refractivity contribution in [2.75, 3.05) is 5.32 Å². The fraction of sp³-hybridized carbons (Fsp3) is 0.368. The van der Waals surface area contributed by atoms with Gasteiger partial charge in [-0.15, -0.1) is 0 Å². The summed E-state index contributed by atoms with van der Waals surface area (Å²) in [5, 5.41) is 6.18. The van der Waals surface area contributed by atoms with Crippen molar-refractivity contribution in [1.82, 2.24) is 10.3 Å². The van der Waals surface area contributed by atoms with E-state index in [1.165, 1.54) is 25.3 Å². The molecule has 2 N–H and O–H groups in total. The molecule has 6 heteroatoms. The minimum Gasteiger partial charge on any atom is -0.351 e. The lowest BCUT2D eigenvalue weighted by Gasteiger charge is -2.23. The largest absolute Gasteiger partial charge is 0.351 e. The van der Waals surface area contributed by atoms with E-state index < -0.39 is 0 Å². The maximum Gasteiger partial charge on any atom is 0.253 e. The minimum absolute atomic E-state index is 0.117. The van der Waals surface area contributed by atoms with Crippen LogP contribution in [0.2, 0.25) is 0 Å². The summed E-state index contributed by atoms with van der Waals surface area (Å²) >= 11 is 2.06. The summed E-state index contributed by atoms with van der Waals surface area (Å²) in [6, 6.07) is 6.88. The van der Waals surface area contributed by atoms with E-state index in [1.807, 2.05) is 6.07 Å². The fourth-order valence-corrected chi connectivity index (χ4v) is 4.55. The van der Waals surface area contributed by atoms with Gasteiger partial charge in [-0.25, -0.2) is 4.39 Å². The third-order valence-corrected chi connectivity index (χ3v) is 5.99. The number of hydrogen-bond acceptors (Lipinski definition) is 3. The van der Waals surface area contributed by atoms with Gasteiger partial charge in [-0.3, -0.25) is 9.78 Å². The van der Waals surface area contributed by atoms with Gasteiger partial charge < -0.3 is 10.6 Å². The molecule has 0 saturated heterocycles. The maximum absolute atomic E-state index is 14.1. The standard InChI is InChI=1S/C19H19FIN3O/c20-15-9-13(21)3-4-16(15)23-18-10-22-6-5-14(18)19(25)24-17-8-11-1-2-12(17)7-11/h3-6,9-12,17,23H,1-2,7-8H2,(H,24,25). The highest BCUT2D eigenvalue weighted by Gasteiger charge is 2.40. The lowest BCUT2D eigenvalue weighted by Crippen LogP contribution is -2.38. The number of pyridine rings is 1. The molecular weight excluding hydrogens is 432 g/mol. The number of benzene rings is 1. The van der Waals surface area contributed by atoms with Crippen LogP contribution in [0.5, 0.6) is 0 Å². The zero-order valence-electron chi connectivity index (χ0n) is 13.6. The number of hydrogen-bond donors (Lipinski definition) is 2. The van der Waals surface area contributed by atoms with Crippen LogP contribution in [0.4, 0.5) is 15.8 Å². The molecule has 2 fully saturated rings. The molecule has 4 rings (SSSR count). The molecule has 2 aliphatic carbocycles. The van der Waals surface area contributed by atoms with Crippen molar-refractivity contribution in [1.29, 1.82) is 0 Å².